The first-order valence-electron chi connectivity index (χ1n) is 7.40. The standard InChI is InChI=1S/C13H18Cl6N2O5/c1-3-5-7(22)25-9(12(14,15)16)20-11(24)21-10(13(17,18)19)26-8(23)6-4-2/h9-10H,3-6H2,1-2H3,(H2,20,21,24)/t9-,10-/m0/s1. The molecule has 2 N–H and O–H groups in total. The number of amides is 2. The molecule has 0 radical (unpaired) electrons. The second-order valence-electron chi connectivity index (χ2n) is 4.94. The number of carbonyl (C=O) groups is 3. The van der Waals surface area contributed by atoms with Crippen LogP contribution in [0.3, 0.4) is 0 Å². The molecular weight excluding hydrogens is 477 g/mol. The molecule has 152 valence electrons. The van der Waals surface area contributed by atoms with Crippen molar-refractivity contribution < 1.29 is 23.9 Å². The van der Waals surface area contributed by atoms with Crippen molar-refractivity contribution >= 4 is 87.6 Å². The van der Waals surface area contributed by atoms with Crippen LogP contribution in [0.25, 0.3) is 0 Å². The van der Waals surface area contributed by atoms with E-state index in [0.29, 0.717) is 12.8 Å². The van der Waals surface area contributed by atoms with E-state index in [4.69, 9.17) is 79.1 Å². The summed E-state index contributed by atoms with van der Waals surface area (Å²) in [5.41, 5.74) is 0. The van der Waals surface area contributed by atoms with E-state index in [2.05, 4.69) is 10.6 Å². The highest BCUT2D eigenvalue weighted by atomic mass is 35.6. The number of ether oxygens (including phenoxy) is 2. The lowest BCUT2D eigenvalue weighted by atomic mass is 10.3. The summed E-state index contributed by atoms with van der Waals surface area (Å²) >= 11 is 34.1. The molecule has 7 nitrogen and oxygen atoms in total. The van der Waals surface area contributed by atoms with E-state index in [1.54, 1.807) is 13.8 Å². The number of alkyl halides is 6. The van der Waals surface area contributed by atoms with E-state index in [9.17, 15) is 14.4 Å². The Bertz CT molecular complexity index is 452. The van der Waals surface area contributed by atoms with E-state index in [1.165, 1.54) is 0 Å². The van der Waals surface area contributed by atoms with Gasteiger partial charge in [-0.3, -0.25) is 20.2 Å². The summed E-state index contributed by atoms with van der Waals surface area (Å²) in [6, 6.07) is -1.06. The van der Waals surface area contributed by atoms with Crippen LogP contribution in [0.15, 0.2) is 0 Å². The number of rotatable bonds is 8. The molecule has 0 aliphatic heterocycles. The molecule has 0 fully saturated rings. The lowest BCUT2D eigenvalue weighted by molar-refractivity contribution is -0.149. The number of nitrogens with one attached hydrogen (secondary N) is 2. The van der Waals surface area contributed by atoms with E-state index in [1.807, 2.05) is 0 Å². The normalized spacial score (nSPS) is 14.2. The Morgan fingerprint density at radius 2 is 1.08 bits per heavy atom. The van der Waals surface area contributed by atoms with E-state index < -0.39 is 38.0 Å². The molecule has 0 unspecified atom stereocenters. The summed E-state index contributed by atoms with van der Waals surface area (Å²) in [7, 11) is 0. The summed E-state index contributed by atoms with van der Waals surface area (Å²) < 4.78 is 5.46. The Kier molecular flexibility index (Phi) is 11.7. The Morgan fingerprint density at radius 1 is 0.769 bits per heavy atom. The highest BCUT2D eigenvalue weighted by Crippen LogP contribution is 2.32. The van der Waals surface area contributed by atoms with Gasteiger partial charge in [0.15, 0.2) is 0 Å². The van der Waals surface area contributed by atoms with Crippen LogP contribution in [-0.4, -0.2) is 38.0 Å². The summed E-state index contributed by atoms with van der Waals surface area (Å²) in [4.78, 5) is 35.2. The van der Waals surface area contributed by atoms with Crippen LogP contribution in [-0.2, 0) is 19.1 Å². The second kappa shape index (κ2) is 11.7. The van der Waals surface area contributed by atoms with Crippen LogP contribution in [0.2, 0.25) is 0 Å². The lowest BCUT2D eigenvalue weighted by Gasteiger charge is -2.28. The molecule has 0 saturated carbocycles. The van der Waals surface area contributed by atoms with Gasteiger partial charge in [0.2, 0.25) is 20.0 Å². The van der Waals surface area contributed by atoms with E-state index in [-0.39, 0.29) is 12.8 Å². The van der Waals surface area contributed by atoms with Crippen molar-refractivity contribution in [1.82, 2.24) is 10.6 Å². The average molecular weight is 495 g/mol. The van der Waals surface area contributed by atoms with Crippen LogP contribution < -0.4 is 10.6 Å². The smallest absolute Gasteiger partial charge is 0.320 e. The minimum absolute atomic E-state index is 0.0476. The first-order valence-corrected chi connectivity index (χ1v) is 9.67. The minimum Gasteiger partial charge on any atom is -0.437 e. The number of carbonyl (C=O) groups excluding carboxylic acids is 3. The van der Waals surface area contributed by atoms with Gasteiger partial charge in [-0.2, -0.15) is 0 Å². The molecule has 2 amide bonds. The molecule has 0 heterocycles. The van der Waals surface area contributed by atoms with Gasteiger partial charge < -0.3 is 9.47 Å². The zero-order chi connectivity index (χ0) is 20.5. The maximum absolute atomic E-state index is 12.1. The molecule has 0 rings (SSSR count). The Balaban J connectivity index is 5.03. The monoisotopic (exact) mass is 492 g/mol. The summed E-state index contributed by atoms with van der Waals surface area (Å²) in [5, 5.41) is 4.20. The summed E-state index contributed by atoms with van der Waals surface area (Å²) in [5.74, 6) is -1.40. The van der Waals surface area contributed by atoms with Gasteiger partial charge in [0.05, 0.1) is 0 Å². The largest absolute Gasteiger partial charge is 0.437 e. The topological polar surface area (TPSA) is 93.7 Å². The lowest BCUT2D eigenvalue weighted by Crippen LogP contribution is -2.55. The maximum atomic E-state index is 12.1. The first kappa shape index (κ1) is 26.0. The molecule has 0 spiro atoms. The highest BCUT2D eigenvalue weighted by Gasteiger charge is 2.41. The molecule has 2 atom stereocenters. The van der Waals surface area contributed by atoms with Crippen LogP contribution >= 0.6 is 69.6 Å². The van der Waals surface area contributed by atoms with Crippen LogP contribution in [0.1, 0.15) is 39.5 Å². The number of esters is 2. The van der Waals surface area contributed by atoms with Crippen LogP contribution in [0.4, 0.5) is 4.79 Å². The SMILES string of the molecule is CCCC(=O)O[C@H](NC(=O)N[C@@H](OC(=O)CCC)C(Cl)(Cl)Cl)C(Cl)(Cl)Cl. The predicted molar refractivity (Wildman–Crippen MR) is 102 cm³/mol. The predicted octanol–water partition coefficient (Wildman–Crippen LogP) is 4.36. The van der Waals surface area contributed by atoms with Gasteiger partial charge >= 0.3 is 18.0 Å². The molecular formula is C13H18Cl6N2O5. The molecule has 13 heteroatoms. The summed E-state index contributed by atoms with van der Waals surface area (Å²) in [6.45, 7) is 3.48. The fourth-order valence-electron chi connectivity index (χ4n) is 1.43. The van der Waals surface area contributed by atoms with Gasteiger partial charge in [0.1, 0.15) is 0 Å². The number of halogens is 6. The molecule has 26 heavy (non-hydrogen) atoms. The fraction of sp³-hybridized carbons (Fsp3) is 0.769. The van der Waals surface area contributed by atoms with Crippen LogP contribution in [0.5, 0.6) is 0 Å². The van der Waals surface area contributed by atoms with Gasteiger partial charge in [-0.15, -0.1) is 0 Å². The highest BCUT2D eigenvalue weighted by molar-refractivity contribution is 6.68. The summed E-state index contributed by atoms with van der Waals surface area (Å²) in [6.07, 6.45) is -2.19. The van der Waals surface area contributed by atoms with Gasteiger partial charge in [0.25, 0.3) is 0 Å². The number of urea groups is 1. The first-order chi connectivity index (χ1) is 11.8. The number of hydrogen-bond acceptors (Lipinski definition) is 5. The fourth-order valence-corrected chi connectivity index (χ4v) is 2.02. The van der Waals surface area contributed by atoms with Crippen molar-refractivity contribution in [3.8, 4) is 0 Å². The molecule has 0 aromatic carbocycles. The molecule has 0 saturated heterocycles. The van der Waals surface area contributed by atoms with Gasteiger partial charge in [0, 0.05) is 12.8 Å². The molecule has 0 aliphatic rings. The van der Waals surface area contributed by atoms with Crippen molar-refractivity contribution in [1.29, 1.82) is 0 Å². The van der Waals surface area contributed by atoms with Crippen molar-refractivity contribution in [3.05, 3.63) is 0 Å². The average Bonchev–Trinajstić information content (AvgIpc) is 2.44. The molecule has 0 aliphatic carbocycles. The second-order valence-corrected chi connectivity index (χ2v) is 9.68. The number of hydrogen-bond donors (Lipinski definition) is 2. The molecule has 0 bridgehead atoms. The van der Waals surface area contributed by atoms with Gasteiger partial charge in [-0.25, -0.2) is 4.79 Å². The Hall–Kier alpha value is -0.0500. The van der Waals surface area contributed by atoms with Crippen molar-refractivity contribution in [2.45, 2.75) is 59.6 Å². The van der Waals surface area contributed by atoms with E-state index >= 15 is 0 Å². The zero-order valence-electron chi connectivity index (χ0n) is 13.8. The van der Waals surface area contributed by atoms with Gasteiger partial charge in [-0.05, 0) is 12.8 Å². The third kappa shape index (κ3) is 10.9. The Morgan fingerprint density at radius 3 is 1.31 bits per heavy atom. The van der Waals surface area contributed by atoms with Crippen molar-refractivity contribution in [2.24, 2.45) is 0 Å². The quantitative estimate of drug-likeness (QED) is 0.297. The van der Waals surface area contributed by atoms with Gasteiger partial charge in [-0.1, -0.05) is 83.5 Å². The molecule has 0 aromatic heterocycles. The third-order valence-corrected chi connectivity index (χ3v) is 3.71. The Labute approximate surface area is 181 Å². The maximum Gasteiger partial charge on any atom is 0.320 e. The molecule has 0 aromatic rings. The third-order valence-electron chi connectivity index (χ3n) is 2.53. The minimum atomic E-state index is -2.17. The van der Waals surface area contributed by atoms with Crippen molar-refractivity contribution in [2.75, 3.05) is 0 Å². The van der Waals surface area contributed by atoms with Crippen molar-refractivity contribution in [3.63, 3.8) is 0 Å². The van der Waals surface area contributed by atoms with E-state index in [0.717, 1.165) is 0 Å². The van der Waals surface area contributed by atoms with Crippen LogP contribution in [0, 0.1) is 0 Å². The zero-order valence-corrected chi connectivity index (χ0v) is 18.3.